The van der Waals surface area contributed by atoms with Crippen molar-refractivity contribution in [3.8, 4) is 0 Å². The van der Waals surface area contributed by atoms with Crippen molar-refractivity contribution >= 4 is 0 Å². The lowest BCUT2D eigenvalue weighted by Crippen LogP contribution is -2.00. The molecule has 2 aromatic rings. The van der Waals surface area contributed by atoms with Gasteiger partial charge in [-0.1, -0.05) is 30.3 Å². The molecule has 0 spiro atoms. The first-order valence-electron chi connectivity index (χ1n) is 4.24. The second kappa shape index (κ2) is 3.39. The minimum atomic E-state index is 0.847. The molecule has 0 fully saturated rings. The summed E-state index contributed by atoms with van der Waals surface area (Å²) >= 11 is 0. The first-order chi connectivity index (χ1) is 6.36. The zero-order chi connectivity index (χ0) is 9.10. The van der Waals surface area contributed by atoms with E-state index in [-0.39, 0.29) is 0 Å². The summed E-state index contributed by atoms with van der Waals surface area (Å²) in [7, 11) is 0. The van der Waals surface area contributed by atoms with Gasteiger partial charge in [-0.2, -0.15) is 0 Å². The van der Waals surface area contributed by atoms with Crippen LogP contribution in [0, 0.1) is 6.92 Å². The molecule has 0 atom stereocenters. The number of benzene rings is 1. The summed E-state index contributed by atoms with van der Waals surface area (Å²) in [6.45, 7) is 2.80. The van der Waals surface area contributed by atoms with Crippen LogP contribution in [0.5, 0.6) is 0 Å². The normalized spacial score (nSPS) is 10.2. The van der Waals surface area contributed by atoms with Crippen molar-refractivity contribution in [1.82, 2.24) is 14.8 Å². The van der Waals surface area contributed by atoms with Gasteiger partial charge in [0.05, 0.1) is 6.54 Å². The number of hydrogen-bond acceptors (Lipinski definition) is 2. The van der Waals surface area contributed by atoms with Crippen LogP contribution in [0.3, 0.4) is 0 Å². The summed E-state index contributed by atoms with van der Waals surface area (Å²) in [5.41, 5.74) is 1.27. The van der Waals surface area contributed by atoms with Crippen molar-refractivity contribution in [2.45, 2.75) is 13.5 Å². The van der Waals surface area contributed by atoms with Gasteiger partial charge >= 0.3 is 0 Å². The highest BCUT2D eigenvalue weighted by Crippen LogP contribution is 2.02. The van der Waals surface area contributed by atoms with E-state index in [0.29, 0.717) is 0 Å². The standard InChI is InChI=1S/C10H11N3/c1-9-12-11-8-13(9)7-10-5-3-2-4-6-10/h2-6,8H,7H2,1H3. The largest absolute Gasteiger partial charge is 0.313 e. The van der Waals surface area contributed by atoms with Crippen LogP contribution >= 0.6 is 0 Å². The van der Waals surface area contributed by atoms with Gasteiger partial charge in [0.2, 0.25) is 0 Å². The van der Waals surface area contributed by atoms with Crippen LogP contribution in [0.15, 0.2) is 36.7 Å². The van der Waals surface area contributed by atoms with E-state index < -0.39 is 0 Å². The zero-order valence-corrected chi connectivity index (χ0v) is 7.51. The van der Waals surface area contributed by atoms with Gasteiger partial charge in [0.25, 0.3) is 0 Å². The van der Waals surface area contributed by atoms with E-state index in [1.165, 1.54) is 5.56 Å². The Bertz CT molecular complexity index is 378. The molecule has 0 saturated carbocycles. The molecule has 0 amide bonds. The molecule has 3 heteroatoms. The molecule has 0 aliphatic rings. The van der Waals surface area contributed by atoms with Crippen molar-refractivity contribution in [1.29, 1.82) is 0 Å². The van der Waals surface area contributed by atoms with Crippen LogP contribution in [-0.4, -0.2) is 14.8 Å². The Kier molecular flexibility index (Phi) is 2.08. The Hall–Kier alpha value is -1.64. The van der Waals surface area contributed by atoms with Crippen molar-refractivity contribution in [3.63, 3.8) is 0 Å². The summed E-state index contributed by atoms with van der Waals surface area (Å²) in [6.07, 6.45) is 1.75. The molecule has 0 aliphatic heterocycles. The van der Waals surface area contributed by atoms with E-state index in [1.807, 2.05) is 29.7 Å². The van der Waals surface area contributed by atoms with Gasteiger partial charge in [-0.15, -0.1) is 10.2 Å². The van der Waals surface area contributed by atoms with Gasteiger partial charge in [0, 0.05) is 0 Å². The van der Waals surface area contributed by atoms with E-state index in [4.69, 9.17) is 0 Å². The molecule has 3 nitrogen and oxygen atoms in total. The molecule has 0 unspecified atom stereocenters. The summed E-state index contributed by atoms with van der Waals surface area (Å²) in [5.74, 6) is 0.948. The lowest BCUT2D eigenvalue weighted by atomic mass is 10.2. The predicted octanol–water partition coefficient (Wildman–Crippen LogP) is 1.63. The van der Waals surface area contributed by atoms with Gasteiger partial charge in [0.15, 0.2) is 0 Å². The number of hydrogen-bond donors (Lipinski definition) is 0. The third-order valence-corrected chi connectivity index (χ3v) is 2.00. The minimum Gasteiger partial charge on any atom is -0.313 e. The monoisotopic (exact) mass is 173 g/mol. The fourth-order valence-electron chi connectivity index (χ4n) is 1.25. The van der Waals surface area contributed by atoms with Crippen LogP contribution in [0.2, 0.25) is 0 Å². The molecule has 0 aliphatic carbocycles. The Morgan fingerprint density at radius 2 is 2.00 bits per heavy atom. The molecular formula is C10H11N3. The first kappa shape index (κ1) is 7.98. The first-order valence-corrected chi connectivity index (χ1v) is 4.24. The molecule has 0 bridgehead atoms. The second-order valence-electron chi connectivity index (χ2n) is 2.99. The predicted molar refractivity (Wildman–Crippen MR) is 50.3 cm³/mol. The smallest absolute Gasteiger partial charge is 0.129 e. The molecular weight excluding hydrogens is 162 g/mol. The third-order valence-electron chi connectivity index (χ3n) is 2.00. The molecule has 0 N–H and O–H groups in total. The van der Waals surface area contributed by atoms with E-state index in [0.717, 1.165) is 12.4 Å². The topological polar surface area (TPSA) is 30.7 Å². The van der Waals surface area contributed by atoms with Crippen LogP contribution in [0.1, 0.15) is 11.4 Å². The molecule has 0 saturated heterocycles. The van der Waals surface area contributed by atoms with E-state index >= 15 is 0 Å². The Labute approximate surface area is 77.0 Å². The lowest BCUT2D eigenvalue weighted by Gasteiger charge is -2.02. The Balaban J connectivity index is 2.20. The average Bonchev–Trinajstić information content (AvgIpc) is 2.54. The molecule has 1 heterocycles. The maximum atomic E-state index is 3.93. The second-order valence-corrected chi connectivity index (χ2v) is 2.99. The molecule has 1 aromatic heterocycles. The Morgan fingerprint density at radius 3 is 2.62 bits per heavy atom. The highest BCUT2D eigenvalue weighted by Gasteiger charge is 1.97. The quantitative estimate of drug-likeness (QED) is 0.691. The van der Waals surface area contributed by atoms with Crippen molar-refractivity contribution < 1.29 is 0 Å². The zero-order valence-electron chi connectivity index (χ0n) is 7.51. The van der Waals surface area contributed by atoms with Crippen LogP contribution in [-0.2, 0) is 6.54 Å². The highest BCUT2D eigenvalue weighted by atomic mass is 15.2. The Morgan fingerprint density at radius 1 is 1.23 bits per heavy atom. The fraction of sp³-hybridized carbons (Fsp3) is 0.200. The van der Waals surface area contributed by atoms with E-state index in [1.54, 1.807) is 6.33 Å². The summed E-state index contributed by atoms with van der Waals surface area (Å²) < 4.78 is 2.02. The third kappa shape index (κ3) is 1.75. The van der Waals surface area contributed by atoms with Gasteiger partial charge in [-0.25, -0.2) is 0 Å². The van der Waals surface area contributed by atoms with Gasteiger partial charge in [-0.05, 0) is 12.5 Å². The number of rotatable bonds is 2. The maximum Gasteiger partial charge on any atom is 0.129 e. The molecule has 1 aromatic carbocycles. The number of aryl methyl sites for hydroxylation is 1. The minimum absolute atomic E-state index is 0.847. The lowest BCUT2D eigenvalue weighted by molar-refractivity contribution is 0.761. The molecule has 2 rings (SSSR count). The van der Waals surface area contributed by atoms with Gasteiger partial charge < -0.3 is 4.57 Å². The maximum absolute atomic E-state index is 3.93. The number of nitrogens with zero attached hydrogens (tertiary/aromatic N) is 3. The van der Waals surface area contributed by atoms with Gasteiger partial charge in [-0.3, -0.25) is 0 Å². The van der Waals surface area contributed by atoms with Gasteiger partial charge in [0.1, 0.15) is 12.2 Å². The molecule has 13 heavy (non-hydrogen) atoms. The summed E-state index contributed by atoms with van der Waals surface area (Å²) in [4.78, 5) is 0. The van der Waals surface area contributed by atoms with Crippen molar-refractivity contribution in [2.75, 3.05) is 0 Å². The number of aromatic nitrogens is 3. The van der Waals surface area contributed by atoms with Crippen LogP contribution < -0.4 is 0 Å². The highest BCUT2D eigenvalue weighted by molar-refractivity contribution is 5.15. The molecule has 0 radical (unpaired) electrons. The van der Waals surface area contributed by atoms with E-state index in [9.17, 15) is 0 Å². The van der Waals surface area contributed by atoms with Crippen LogP contribution in [0.25, 0.3) is 0 Å². The van der Waals surface area contributed by atoms with Crippen LogP contribution in [0.4, 0.5) is 0 Å². The average molecular weight is 173 g/mol. The summed E-state index contributed by atoms with van der Waals surface area (Å²) in [5, 5.41) is 7.76. The molecule has 66 valence electrons. The van der Waals surface area contributed by atoms with Crippen molar-refractivity contribution in [2.24, 2.45) is 0 Å². The van der Waals surface area contributed by atoms with Crippen molar-refractivity contribution in [3.05, 3.63) is 48.0 Å². The fourth-order valence-corrected chi connectivity index (χ4v) is 1.25. The summed E-state index contributed by atoms with van der Waals surface area (Å²) in [6, 6.07) is 10.3. The SMILES string of the molecule is Cc1nncn1Cc1ccccc1. The van der Waals surface area contributed by atoms with E-state index in [2.05, 4.69) is 22.3 Å².